The molecule has 0 N–H and O–H groups in total. The zero-order chi connectivity index (χ0) is 9.47. The Kier molecular flexibility index (Phi) is 2.09. The van der Waals surface area contributed by atoms with Gasteiger partial charge in [-0.05, 0) is 26.7 Å². The van der Waals surface area contributed by atoms with Gasteiger partial charge in [0.25, 0.3) is 0 Å². The van der Waals surface area contributed by atoms with E-state index in [-0.39, 0.29) is 5.60 Å². The summed E-state index contributed by atoms with van der Waals surface area (Å²) in [4.78, 5) is 0. The zero-order valence-corrected chi connectivity index (χ0v) is 8.97. The number of hydrogen-bond donors (Lipinski definition) is 0. The van der Waals surface area contributed by atoms with Crippen molar-refractivity contribution in [3.05, 3.63) is 0 Å². The van der Waals surface area contributed by atoms with E-state index in [2.05, 4.69) is 25.3 Å². The molecule has 0 fully saturated rings. The van der Waals surface area contributed by atoms with Crippen molar-refractivity contribution >= 4 is 5.90 Å². The second-order valence-corrected chi connectivity index (χ2v) is 4.71. The van der Waals surface area contributed by atoms with Crippen LogP contribution in [0.2, 0.25) is 0 Å². The lowest BCUT2D eigenvalue weighted by molar-refractivity contribution is -0.532. The fourth-order valence-corrected chi connectivity index (χ4v) is 2.33. The van der Waals surface area contributed by atoms with E-state index in [4.69, 9.17) is 4.74 Å². The van der Waals surface area contributed by atoms with Crippen LogP contribution in [0.3, 0.4) is 0 Å². The highest BCUT2D eigenvalue weighted by Gasteiger charge is 2.45. The highest BCUT2D eigenvalue weighted by atomic mass is 16.5. The summed E-state index contributed by atoms with van der Waals surface area (Å²) in [5.74, 6) is 1.90. The maximum Gasteiger partial charge on any atom is 0.340 e. The number of nitrogens with zero attached hydrogens (tertiary/aromatic N) is 1. The molecule has 0 radical (unpaired) electrons. The van der Waals surface area contributed by atoms with Crippen LogP contribution in [0.4, 0.5) is 0 Å². The van der Waals surface area contributed by atoms with Crippen molar-refractivity contribution < 1.29 is 9.31 Å². The van der Waals surface area contributed by atoms with Gasteiger partial charge in [0, 0.05) is 6.42 Å². The van der Waals surface area contributed by atoms with Crippen LogP contribution in [0.15, 0.2) is 0 Å². The van der Waals surface area contributed by atoms with Crippen LogP contribution in [0.1, 0.15) is 40.0 Å². The van der Waals surface area contributed by atoms with Gasteiger partial charge < -0.3 is 4.74 Å². The third-order valence-electron chi connectivity index (χ3n) is 3.42. The number of hydrogen-bond acceptors (Lipinski definition) is 1. The second kappa shape index (κ2) is 3.00. The zero-order valence-electron chi connectivity index (χ0n) is 8.97. The second-order valence-electron chi connectivity index (χ2n) is 4.71. The molecule has 0 saturated heterocycles. The normalized spacial score (nSPS) is 38.8. The molecule has 0 aromatic carbocycles. The molecule has 2 heteroatoms. The van der Waals surface area contributed by atoms with E-state index in [0.717, 1.165) is 13.0 Å². The molecule has 74 valence electrons. The van der Waals surface area contributed by atoms with E-state index in [1.807, 2.05) is 0 Å². The maximum absolute atomic E-state index is 6.06. The molecule has 0 bridgehead atoms. The topological polar surface area (TPSA) is 12.2 Å². The van der Waals surface area contributed by atoms with Crippen LogP contribution < -0.4 is 0 Å². The van der Waals surface area contributed by atoms with Crippen LogP contribution in [-0.4, -0.2) is 29.2 Å². The molecule has 2 rings (SSSR count). The minimum absolute atomic E-state index is 0.0912. The number of rotatable bonds is 1. The summed E-state index contributed by atoms with van der Waals surface area (Å²) in [7, 11) is 0. The molecule has 2 aliphatic rings. The largest absolute Gasteiger partial charge is 0.435 e. The van der Waals surface area contributed by atoms with Gasteiger partial charge in [-0.2, -0.15) is 4.58 Å². The monoisotopic (exact) mass is 182 g/mol. The summed E-state index contributed by atoms with van der Waals surface area (Å²) in [6, 6.07) is 0. The van der Waals surface area contributed by atoms with E-state index >= 15 is 0 Å². The summed E-state index contributed by atoms with van der Waals surface area (Å²) >= 11 is 0. The molecular formula is C11H20NO+. The lowest BCUT2D eigenvalue weighted by Crippen LogP contribution is -2.30. The first kappa shape index (κ1) is 9.04. The van der Waals surface area contributed by atoms with Gasteiger partial charge in [0.2, 0.25) is 0 Å². The molecule has 0 saturated carbocycles. The van der Waals surface area contributed by atoms with Gasteiger partial charge in [-0.25, -0.2) is 0 Å². The quantitative estimate of drug-likeness (QED) is 0.565. The molecule has 2 atom stereocenters. The Morgan fingerprint density at radius 2 is 2.38 bits per heavy atom. The summed E-state index contributed by atoms with van der Waals surface area (Å²) in [5, 5.41) is 0. The Hall–Kier alpha value is -0.530. The molecule has 2 unspecified atom stereocenters. The van der Waals surface area contributed by atoms with Crippen LogP contribution in [0, 0.1) is 5.92 Å². The summed E-state index contributed by atoms with van der Waals surface area (Å²) < 4.78 is 8.50. The average Bonchev–Trinajstić information content (AvgIpc) is 2.45. The highest BCUT2D eigenvalue weighted by Crippen LogP contribution is 2.28. The molecule has 2 nitrogen and oxygen atoms in total. The summed E-state index contributed by atoms with van der Waals surface area (Å²) in [6.07, 6.45) is 3.74. The molecule has 0 amide bonds. The van der Waals surface area contributed by atoms with Gasteiger partial charge in [0.15, 0.2) is 12.1 Å². The van der Waals surface area contributed by atoms with E-state index in [0.29, 0.717) is 5.92 Å². The fourth-order valence-electron chi connectivity index (χ4n) is 2.33. The minimum Gasteiger partial charge on any atom is -0.435 e. The molecule has 13 heavy (non-hydrogen) atoms. The highest BCUT2D eigenvalue weighted by molar-refractivity contribution is 5.75. The van der Waals surface area contributed by atoms with E-state index in [1.165, 1.54) is 25.3 Å². The van der Waals surface area contributed by atoms with Crippen LogP contribution in [0.5, 0.6) is 0 Å². The SMILES string of the molecule is CCC1(C)C[N+]2=C(O1)C(C)CCC2. The van der Waals surface area contributed by atoms with Crippen LogP contribution >= 0.6 is 0 Å². The number of ether oxygens (including phenoxy) is 1. The molecular weight excluding hydrogens is 162 g/mol. The Morgan fingerprint density at radius 3 is 3.00 bits per heavy atom. The van der Waals surface area contributed by atoms with Crippen molar-refractivity contribution in [2.75, 3.05) is 13.1 Å². The first-order chi connectivity index (χ1) is 6.14. The molecule has 0 spiro atoms. The average molecular weight is 182 g/mol. The van der Waals surface area contributed by atoms with Crippen molar-refractivity contribution in [3.63, 3.8) is 0 Å². The van der Waals surface area contributed by atoms with E-state index in [9.17, 15) is 0 Å². The maximum atomic E-state index is 6.06. The molecule has 0 aliphatic carbocycles. The molecule has 2 heterocycles. The summed E-state index contributed by atoms with van der Waals surface area (Å²) in [5.41, 5.74) is 0.0912. The minimum atomic E-state index is 0.0912. The Labute approximate surface area is 80.6 Å². The van der Waals surface area contributed by atoms with Crippen molar-refractivity contribution in [1.82, 2.24) is 0 Å². The van der Waals surface area contributed by atoms with Crippen LogP contribution in [-0.2, 0) is 4.74 Å². The van der Waals surface area contributed by atoms with Gasteiger partial charge in [0.05, 0.1) is 5.92 Å². The van der Waals surface area contributed by atoms with Gasteiger partial charge in [0.1, 0.15) is 6.54 Å². The molecule has 2 aliphatic heterocycles. The Bertz CT molecular complexity index is 246. The molecule has 0 aromatic heterocycles. The van der Waals surface area contributed by atoms with E-state index < -0.39 is 0 Å². The van der Waals surface area contributed by atoms with Gasteiger partial charge in [-0.1, -0.05) is 6.92 Å². The van der Waals surface area contributed by atoms with Gasteiger partial charge >= 0.3 is 5.90 Å². The Morgan fingerprint density at radius 1 is 1.62 bits per heavy atom. The van der Waals surface area contributed by atoms with Crippen molar-refractivity contribution in [2.45, 2.75) is 45.6 Å². The standard InChI is InChI=1S/C11H20NO/c1-4-11(3)8-12-7-5-6-9(2)10(12)13-11/h9H,4-8H2,1-3H3/q+1. The fraction of sp³-hybridized carbons (Fsp3) is 0.909. The third-order valence-corrected chi connectivity index (χ3v) is 3.42. The van der Waals surface area contributed by atoms with Gasteiger partial charge in [-0.3, -0.25) is 0 Å². The summed E-state index contributed by atoms with van der Waals surface area (Å²) in [6.45, 7) is 9.02. The first-order valence-electron chi connectivity index (χ1n) is 5.45. The van der Waals surface area contributed by atoms with Crippen molar-refractivity contribution in [2.24, 2.45) is 5.92 Å². The van der Waals surface area contributed by atoms with Gasteiger partial charge in [-0.15, -0.1) is 0 Å². The van der Waals surface area contributed by atoms with E-state index in [1.54, 1.807) is 0 Å². The van der Waals surface area contributed by atoms with Crippen LogP contribution in [0.25, 0.3) is 0 Å². The lowest BCUT2D eigenvalue weighted by Gasteiger charge is -2.18. The molecule has 0 aromatic rings. The third kappa shape index (κ3) is 1.47. The predicted molar refractivity (Wildman–Crippen MR) is 53.2 cm³/mol. The first-order valence-corrected chi connectivity index (χ1v) is 5.45. The van der Waals surface area contributed by atoms with Crippen molar-refractivity contribution in [1.29, 1.82) is 0 Å². The Balaban J connectivity index is 2.17. The smallest absolute Gasteiger partial charge is 0.340 e. The van der Waals surface area contributed by atoms with Crippen molar-refractivity contribution in [3.8, 4) is 0 Å². The lowest BCUT2D eigenvalue weighted by atomic mass is 10.0. The predicted octanol–water partition coefficient (Wildman–Crippen LogP) is 2.03.